The number of carboxylic acid groups (broad SMARTS) is 1. The van der Waals surface area contributed by atoms with Gasteiger partial charge in [-0.3, -0.25) is 10.1 Å². The van der Waals surface area contributed by atoms with Gasteiger partial charge in [0, 0.05) is 17.5 Å². The first-order chi connectivity index (χ1) is 13.0. The van der Waals surface area contributed by atoms with Crippen molar-refractivity contribution in [1.29, 1.82) is 0 Å². The second-order valence-corrected chi connectivity index (χ2v) is 6.64. The molecule has 3 aromatic rings. The normalized spacial score (nSPS) is 11.9. The van der Waals surface area contributed by atoms with Crippen molar-refractivity contribution in [2.75, 3.05) is 7.11 Å². The highest BCUT2D eigenvalue weighted by atomic mass is 32.1. The Labute approximate surface area is 159 Å². The molecule has 27 heavy (non-hydrogen) atoms. The second kappa shape index (κ2) is 8.07. The number of aromatic hydroxyl groups is 2. The summed E-state index contributed by atoms with van der Waals surface area (Å²) in [7, 11) is 1.48. The molecule has 0 amide bonds. The summed E-state index contributed by atoms with van der Waals surface area (Å²) >= 11 is 1.41. The summed E-state index contributed by atoms with van der Waals surface area (Å²) in [5.41, 5.74) is 1.94. The molecule has 8 heteroatoms. The van der Waals surface area contributed by atoms with Gasteiger partial charge in [-0.15, -0.1) is 11.3 Å². The number of aliphatic carboxylic acids is 1. The maximum Gasteiger partial charge on any atom is 0.325 e. The molecule has 1 heterocycles. The molecule has 0 fully saturated rings. The Balaban J connectivity index is 1.74. The lowest BCUT2D eigenvalue weighted by Gasteiger charge is -2.14. The monoisotopic (exact) mass is 386 g/mol. The number of benzene rings is 2. The molecule has 0 aliphatic carbocycles. The lowest BCUT2D eigenvalue weighted by atomic mass is 10.1. The third-order valence-electron chi connectivity index (χ3n) is 3.92. The Morgan fingerprint density at radius 2 is 2.07 bits per heavy atom. The third-order valence-corrected chi connectivity index (χ3v) is 4.86. The van der Waals surface area contributed by atoms with Crippen LogP contribution in [-0.4, -0.2) is 33.4 Å². The van der Waals surface area contributed by atoms with Gasteiger partial charge in [0.2, 0.25) is 0 Å². The number of ether oxygens (including phenoxy) is 1. The molecule has 0 spiro atoms. The van der Waals surface area contributed by atoms with Gasteiger partial charge in [0.15, 0.2) is 11.5 Å². The van der Waals surface area contributed by atoms with E-state index in [0.29, 0.717) is 17.0 Å². The number of aromatic nitrogens is 1. The van der Waals surface area contributed by atoms with Crippen molar-refractivity contribution >= 4 is 17.3 Å². The quantitative estimate of drug-likeness (QED) is 0.493. The van der Waals surface area contributed by atoms with Crippen molar-refractivity contribution in [2.45, 2.75) is 12.6 Å². The van der Waals surface area contributed by atoms with Crippen molar-refractivity contribution in [1.82, 2.24) is 10.3 Å². The molecule has 4 N–H and O–H groups in total. The van der Waals surface area contributed by atoms with Gasteiger partial charge < -0.3 is 20.1 Å². The van der Waals surface area contributed by atoms with E-state index in [-0.39, 0.29) is 18.0 Å². The molecule has 7 nitrogen and oxygen atoms in total. The van der Waals surface area contributed by atoms with Gasteiger partial charge in [-0.05, 0) is 35.9 Å². The number of carbonyl (C=O) groups is 1. The number of rotatable bonds is 7. The summed E-state index contributed by atoms with van der Waals surface area (Å²) in [6, 6.07) is 10.1. The number of nitrogens with zero attached hydrogens (tertiary/aromatic N) is 1. The number of thiazole rings is 1. The highest BCUT2D eigenvalue weighted by Gasteiger charge is 2.20. The summed E-state index contributed by atoms with van der Waals surface area (Å²) in [5, 5.41) is 34.2. The fraction of sp³-hybridized carbons (Fsp3) is 0.158. The van der Waals surface area contributed by atoms with E-state index < -0.39 is 12.0 Å². The van der Waals surface area contributed by atoms with Gasteiger partial charge in [-0.1, -0.05) is 12.1 Å². The number of methoxy groups -OCH3 is 1. The molecular weight excluding hydrogens is 368 g/mol. The molecule has 1 aromatic heterocycles. The Morgan fingerprint density at radius 3 is 2.78 bits per heavy atom. The lowest BCUT2D eigenvalue weighted by Crippen LogP contribution is -2.28. The molecule has 0 bridgehead atoms. The maximum atomic E-state index is 11.6. The van der Waals surface area contributed by atoms with Crippen LogP contribution in [0.3, 0.4) is 0 Å². The van der Waals surface area contributed by atoms with Crippen LogP contribution in [0.25, 0.3) is 10.6 Å². The van der Waals surface area contributed by atoms with Crippen molar-refractivity contribution in [3.63, 3.8) is 0 Å². The molecule has 0 aliphatic rings. The number of carboxylic acids is 1. The first-order valence-corrected chi connectivity index (χ1v) is 8.93. The van der Waals surface area contributed by atoms with E-state index in [2.05, 4.69) is 10.3 Å². The van der Waals surface area contributed by atoms with Gasteiger partial charge in [0.05, 0.1) is 12.8 Å². The zero-order valence-electron chi connectivity index (χ0n) is 14.4. The van der Waals surface area contributed by atoms with Crippen LogP contribution < -0.4 is 10.1 Å². The number of phenols is 2. The van der Waals surface area contributed by atoms with Crippen molar-refractivity contribution in [3.05, 3.63) is 59.1 Å². The molecular formula is C19H18N2O5S. The highest BCUT2D eigenvalue weighted by Crippen LogP contribution is 2.32. The molecule has 0 saturated carbocycles. The third kappa shape index (κ3) is 4.36. The van der Waals surface area contributed by atoms with Crippen LogP contribution >= 0.6 is 11.3 Å². The summed E-state index contributed by atoms with van der Waals surface area (Å²) in [6.45, 7) is 0.248. The predicted octanol–water partition coefficient (Wildman–Crippen LogP) is 3.15. The fourth-order valence-electron chi connectivity index (χ4n) is 2.59. The number of hydrogen-bond donors (Lipinski definition) is 4. The second-order valence-electron chi connectivity index (χ2n) is 5.78. The Hall–Kier alpha value is -3.10. The van der Waals surface area contributed by atoms with Crippen LogP contribution in [0.5, 0.6) is 17.2 Å². The van der Waals surface area contributed by atoms with E-state index in [0.717, 1.165) is 10.6 Å². The fourth-order valence-corrected chi connectivity index (χ4v) is 3.41. The number of hydrogen-bond acceptors (Lipinski definition) is 7. The molecule has 3 rings (SSSR count). The number of phenolic OH excluding ortho intramolecular Hbond substituents is 2. The van der Waals surface area contributed by atoms with Crippen LogP contribution in [-0.2, 0) is 11.3 Å². The van der Waals surface area contributed by atoms with Crippen molar-refractivity contribution in [2.24, 2.45) is 0 Å². The van der Waals surface area contributed by atoms with Crippen molar-refractivity contribution < 1.29 is 24.9 Å². The van der Waals surface area contributed by atoms with Crippen LogP contribution in [0, 0.1) is 0 Å². The predicted molar refractivity (Wildman–Crippen MR) is 101 cm³/mol. The number of nitrogens with one attached hydrogen (secondary N) is 1. The van der Waals surface area contributed by atoms with Crippen LogP contribution in [0.4, 0.5) is 0 Å². The topological polar surface area (TPSA) is 112 Å². The molecule has 1 unspecified atom stereocenters. The van der Waals surface area contributed by atoms with Gasteiger partial charge in [0.1, 0.15) is 16.8 Å². The smallest absolute Gasteiger partial charge is 0.325 e. The largest absolute Gasteiger partial charge is 0.508 e. The first kappa shape index (κ1) is 18.7. The summed E-state index contributed by atoms with van der Waals surface area (Å²) in [6.07, 6.45) is 0. The average Bonchev–Trinajstić information content (AvgIpc) is 3.11. The minimum absolute atomic E-state index is 0.0118. The summed E-state index contributed by atoms with van der Waals surface area (Å²) in [4.78, 5) is 16.1. The van der Waals surface area contributed by atoms with Crippen LogP contribution in [0.1, 0.15) is 17.3 Å². The van der Waals surface area contributed by atoms with E-state index in [4.69, 9.17) is 4.74 Å². The Kier molecular flexibility index (Phi) is 5.58. The van der Waals surface area contributed by atoms with E-state index in [9.17, 15) is 20.1 Å². The summed E-state index contributed by atoms with van der Waals surface area (Å²) in [5.74, 6) is -0.621. The van der Waals surface area contributed by atoms with E-state index >= 15 is 0 Å². The zero-order chi connectivity index (χ0) is 19.4. The Bertz CT molecular complexity index is 957. The SMILES string of the molecule is COc1cc(-c2nc(CNC(C(=O)O)c3cccc(O)c3)cs2)ccc1O. The van der Waals surface area contributed by atoms with Crippen LogP contribution in [0.15, 0.2) is 47.8 Å². The van der Waals surface area contributed by atoms with Gasteiger partial charge >= 0.3 is 5.97 Å². The first-order valence-electron chi connectivity index (χ1n) is 8.05. The Morgan fingerprint density at radius 1 is 1.26 bits per heavy atom. The van der Waals surface area contributed by atoms with E-state index in [1.54, 1.807) is 24.3 Å². The van der Waals surface area contributed by atoms with Crippen LogP contribution in [0.2, 0.25) is 0 Å². The highest BCUT2D eigenvalue weighted by molar-refractivity contribution is 7.13. The van der Waals surface area contributed by atoms with Gasteiger partial charge in [-0.25, -0.2) is 4.98 Å². The molecule has 1 atom stereocenters. The molecule has 0 saturated heterocycles. The standard InChI is InChI=1S/C19H18N2O5S/c1-26-16-8-12(5-6-15(16)23)18-21-13(10-27-18)9-20-17(19(24)25)11-3-2-4-14(22)7-11/h2-8,10,17,20,22-23H,9H2,1H3,(H,24,25). The van der Waals surface area contributed by atoms with Gasteiger partial charge in [0.25, 0.3) is 0 Å². The van der Waals surface area contributed by atoms with E-state index in [1.807, 2.05) is 5.38 Å². The molecule has 0 radical (unpaired) electrons. The zero-order valence-corrected chi connectivity index (χ0v) is 15.2. The van der Waals surface area contributed by atoms with Gasteiger partial charge in [-0.2, -0.15) is 0 Å². The minimum atomic E-state index is -1.04. The van der Waals surface area contributed by atoms with E-state index in [1.165, 1.54) is 36.6 Å². The maximum absolute atomic E-state index is 11.6. The molecule has 140 valence electrons. The van der Waals surface area contributed by atoms with Crippen molar-refractivity contribution in [3.8, 4) is 27.8 Å². The molecule has 0 aliphatic heterocycles. The lowest BCUT2D eigenvalue weighted by molar-refractivity contribution is -0.139. The average molecular weight is 386 g/mol. The molecule has 2 aromatic carbocycles. The summed E-state index contributed by atoms with van der Waals surface area (Å²) < 4.78 is 5.11. The minimum Gasteiger partial charge on any atom is -0.508 e.